The molecule has 1 fully saturated rings. The Bertz CT molecular complexity index is 884. The molecular formula is C20H19ClN2O4. The third-order valence-electron chi connectivity index (χ3n) is 4.50. The van der Waals surface area contributed by atoms with Gasteiger partial charge in [0.2, 0.25) is 0 Å². The molecule has 3 rings (SSSR count). The lowest BCUT2D eigenvalue weighted by Crippen LogP contribution is -2.48. The van der Waals surface area contributed by atoms with Crippen LogP contribution in [0.3, 0.4) is 0 Å². The second kappa shape index (κ2) is 8.22. The number of halogens is 1. The molecule has 1 unspecified atom stereocenters. The molecule has 2 aromatic carbocycles. The minimum atomic E-state index is -0.992. The molecule has 1 aliphatic rings. The summed E-state index contributed by atoms with van der Waals surface area (Å²) in [5, 5.41) is 12.6. The van der Waals surface area contributed by atoms with Crippen molar-refractivity contribution in [1.29, 1.82) is 0 Å². The van der Waals surface area contributed by atoms with E-state index in [-0.39, 0.29) is 11.8 Å². The highest BCUT2D eigenvalue weighted by atomic mass is 35.5. The van der Waals surface area contributed by atoms with Gasteiger partial charge in [0.1, 0.15) is 6.04 Å². The van der Waals surface area contributed by atoms with E-state index in [0.29, 0.717) is 34.8 Å². The molecule has 2 N–H and O–H groups in total. The van der Waals surface area contributed by atoms with Crippen molar-refractivity contribution in [3.05, 3.63) is 64.7 Å². The van der Waals surface area contributed by atoms with E-state index in [0.717, 1.165) is 12.8 Å². The number of carbonyl (C=O) groups is 3. The van der Waals surface area contributed by atoms with Gasteiger partial charge >= 0.3 is 5.97 Å². The molecule has 1 aliphatic heterocycles. The van der Waals surface area contributed by atoms with Gasteiger partial charge in [-0.25, -0.2) is 4.79 Å². The summed E-state index contributed by atoms with van der Waals surface area (Å²) in [6.07, 6.45) is 2.02. The first kappa shape index (κ1) is 18.9. The van der Waals surface area contributed by atoms with E-state index < -0.39 is 12.0 Å². The fourth-order valence-corrected chi connectivity index (χ4v) is 3.35. The molecule has 140 valence electrons. The van der Waals surface area contributed by atoms with Crippen LogP contribution in [0.2, 0.25) is 5.02 Å². The van der Waals surface area contributed by atoms with Crippen LogP contribution in [0.5, 0.6) is 0 Å². The van der Waals surface area contributed by atoms with Crippen molar-refractivity contribution in [3.63, 3.8) is 0 Å². The van der Waals surface area contributed by atoms with Gasteiger partial charge in [0.05, 0.1) is 0 Å². The van der Waals surface area contributed by atoms with E-state index in [1.165, 1.54) is 4.90 Å². The molecule has 2 amide bonds. The van der Waals surface area contributed by atoms with Gasteiger partial charge in [0.15, 0.2) is 0 Å². The fraction of sp³-hybridized carbons (Fsp3) is 0.250. The van der Waals surface area contributed by atoms with Crippen LogP contribution in [0, 0.1) is 0 Å². The lowest BCUT2D eigenvalue weighted by molar-refractivity contribution is -0.143. The number of carboxylic acids is 1. The summed E-state index contributed by atoms with van der Waals surface area (Å²) in [6.45, 7) is 0.412. The number of carboxylic acid groups (broad SMARTS) is 1. The molecule has 2 aromatic rings. The molecular weight excluding hydrogens is 368 g/mol. The Morgan fingerprint density at radius 2 is 1.78 bits per heavy atom. The number of nitrogens with zero attached hydrogens (tertiary/aromatic N) is 1. The summed E-state index contributed by atoms with van der Waals surface area (Å²) >= 11 is 5.91. The van der Waals surface area contributed by atoms with E-state index in [4.69, 9.17) is 11.6 Å². The monoisotopic (exact) mass is 386 g/mol. The van der Waals surface area contributed by atoms with E-state index in [1.54, 1.807) is 48.5 Å². The predicted octanol–water partition coefficient (Wildman–Crippen LogP) is 3.67. The van der Waals surface area contributed by atoms with Crippen LogP contribution in [-0.2, 0) is 4.79 Å². The minimum Gasteiger partial charge on any atom is -0.480 e. The van der Waals surface area contributed by atoms with Crippen LogP contribution < -0.4 is 5.32 Å². The largest absolute Gasteiger partial charge is 0.480 e. The summed E-state index contributed by atoms with van der Waals surface area (Å²) in [5.74, 6) is -1.68. The lowest BCUT2D eigenvalue weighted by Gasteiger charge is -2.33. The van der Waals surface area contributed by atoms with E-state index >= 15 is 0 Å². The molecule has 6 nitrogen and oxygen atoms in total. The number of amides is 2. The van der Waals surface area contributed by atoms with Gasteiger partial charge < -0.3 is 15.3 Å². The van der Waals surface area contributed by atoms with Crippen molar-refractivity contribution in [2.24, 2.45) is 0 Å². The van der Waals surface area contributed by atoms with Gasteiger partial charge in [-0.05, 0) is 55.7 Å². The summed E-state index contributed by atoms with van der Waals surface area (Å²) in [7, 11) is 0. The molecule has 1 saturated heterocycles. The second-order valence-electron chi connectivity index (χ2n) is 6.39. The number of aliphatic carboxylic acids is 1. The lowest BCUT2D eigenvalue weighted by atomic mass is 10.0. The van der Waals surface area contributed by atoms with E-state index in [2.05, 4.69) is 5.32 Å². The zero-order valence-electron chi connectivity index (χ0n) is 14.5. The first-order valence-electron chi connectivity index (χ1n) is 8.66. The van der Waals surface area contributed by atoms with Gasteiger partial charge in [-0.1, -0.05) is 23.7 Å². The zero-order valence-corrected chi connectivity index (χ0v) is 15.3. The molecule has 0 bridgehead atoms. The van der Waals surface area contributed by atoms with Gasteiger partial charge in [-0.3, -0.25) is 9.59 Å². The summed E-state index contributed by atoms with van der Waals surface area (Å²) in [4.78, 5) is 38.0. The Morgan fingerprint density at radius 1 is 1.04 bits per heavy atom. The Hall–Kier alpha value is -2.86. The predicted molar refractivity (Wildman–Crippen MR) is 102 cm³/mol. The van der Waals surface area contributed by atoms with Crippen molar-refractivity contribution in [1.82, 2.24) is 4.90 Å². The molecule has 7 heteroatoms. The van der Waals surface area contributed by atoms with E-state index in [1.807, 2.05) is 0 Å². The van der Waals surface area contributed by atoms with Gasteiger partial charge in [0.25, 0.3) is 11.8 Å². The molecule has 0 aliphatic carbocycles. The third kappa shape index (κ3) is 4.46. The number of hydrogen-bond acceptors (Lipinski definition) is 3. The van der Waals surface area contributed by atoms with Crippen molar-refractivity contribution in [2.75, 3.05) is 11.9 Å². The summed E-state index contributed by atoms with van der Waals surface area (Å²) in [5.41, 5.74) is 1.20. The quantitative estimate of drug-likeness (QED) is 0.839. The third-order valence-corrected chi connectivity index (χ3v) is 4.74. The van der Waals surface area contributed by atoms with Crippen molar-refractivity contribution in [3.8, 4) is 0 Å². The number of rotatable bonds is 4. The molecule has 0 aromatic heterocycles. The highest BCUT2D eigenvalue weighted by Gasteiger charge is 2.32. The Labute approximate surface area is 161 Å². The molecule has 1 atom stereocenters. The number of likely N-dealkylation sites (tertiary alicyclic amines) is 1. The highest BCUT2D eigenvalue weighted by Crippen LogP contribution is 2.22. The topological polar surface area (TPSA) is 86.7 Å². The number of piperidine rings is 1. The molecule has 27 heavy (non-hydrogen) atoms. The fourth-order valence-electron chi connectivity index (χ4n) is 3.16. The van der Waals surface area contributed by atoms with Crippen molar-refractivity contribution in [2.45, 2.75) is 25.3 Å². The maximum atomic E-state index is 12.8. The Morgan fingerprint density at radius 3 is 2.52 bits per heavy atom. The SMILES string of the molecule is O=C(Nc1cccc(C(=O)N2CCCCC2C(=O)O)c1)c1cccc(Cl)c1. The average molecular weight is 387 g/mol. The van der Waals surface area contributed by atoms with Gasteiger partial charge in [-0.15, -0.1) is 0 Å². The number of benzene rings is 2. The highest BCUT2D eigenvalue weighted by molar-refractivity contribution is 6.31. The van der Waals surface area contributed by atoms with Crippen molar-refractivity contribution < 1.29 is 19.5 Å². The van der Waals surface area contributed by atoms with Crippen molar-refractivity contribution >= 4 is 35.1 Å². The smallest absolute Gasteiger partial charge is 0.326 e. The van der Waals surface area contributed by atoms with Crippen LogP contribution in [-0.4, -0.2) is 40.4 Å². The number of anilines is 1. The number of nitrogens with one attached hydrogen (secondary N) is 1. The molecule has 0 spiro atoms. The maximum Gasteiger partial charge on any atom is 0.326 e. The van der Waals surface area contributed by atoms with Crippen LogP contribution in [0.25, 0.3) is 0 Å². The van der Waals surface area contributed by atoms with Crippen LogP contribution in [0.15, 0.2) is 48.5 Å². The Balaban J connectivity index is 1.77. The van der Waals surface area contributed by atoms with Gasteiger partial charge in [-0.2, -0.15) is 0 Å². The van der Waals surface area contributed by atoms with E-state index in [9.17, 15) is 19.5 Å². The Kier molecular flexibility index (Phi) is 5.76. The van der Waals surface area contributed by atoms with Crippen LogP contribution >= 0.6 is 11.6 Å². The van der Waals surface area contributed by atoms with Crippen LogP contribution in [0.1, 0.15) is 40.0 Å². The van der Waals surface area contributed by atoms with Gasteiger partial charge in [0, 0.05) is 28.4 Å². The first-order valence-corrected chi connectivity index (χ1v) is 9.04. The zero-order chi connectivity index (χ0) is 19.4. The number of carbonyl (C=O) groups excluding carboxylic acids is 2. The average Bonchev–Trinajstić information content (AvgIpc) is 2.67. The maximum absolute atomic E-state index is 12.8. The van der Waals surface area contributed by atoms with Crippen LogP contribution in [0.4, 0.5) is 5.69 Å². The standard InChI is InChI=1S/C20H19ClN2O4/c21-15-7-3-5-13(11-15)18(24)22-16-8-4-6-14(12-16)19(25)23-10-2-1-9-17(23)20(26)27/h3-8,11-12,17H,1-2,9-10H2,(H,22,24)(H,26,27). The normalized spacial score (nSPS) is 16.6. The molecule has 1 heterocycles. The second-order valence-corrected chi connectivity index (χ2v) is 6.83. The first-order chi connectivity index (χ1) is 13.0. The summed E-state index contributed by atoms with van der Waals surface area (Å²) in [6, 6.07) is 12.2. The molecule has 0 saturated carbocycles. The minimum absolute atomic E-state index is 0.340. The molecule has 0 radical (unpaired) electrons. The summed E-state index contributed by atoms with van der Waals surface area (Å²) < 4.78 is 0. The number of hydrogen-bond donors (Lipinski definition) is 2.